The highest BCUT2D eigenvalue weighted by molar-refractivity contribution is 4.79. The number of rotatable bonds is 3. The fraction of sp³-hybridized carbons (Fsp3) is 1.00. The Kier molecular flexibility index (Phi) is 4.20. The number of hydrogen-bond donors (Lipinski definition) is 1. The van der Waals surface area contributed by atoms with Gasteiger partial charge in [0.2, 0.25) is 0 Å². The van der Waals surface area contributed by atoms with Gasteiger partial charge in [-0.05, 0) is 25.7 Å². The van der Waals surface area contributed by atoms with Crippen LogP contribution in [0.5, 0.6) is 0 Å². The van der Waals surface area contributed by atoms with E-state index in [2.05, 4.69) is 25.7 Å². The highest BCUT2D eigenvalue weighted by atomic mass is 16.3. The fourth-order valence-electron chi connectivity index (χ4n) is 2.17. The van der Waals surface area contributed by atoms with Crippen molar-refractivity contribution in [3.63, 3.8) is 0 Å². The molecule has 1 aliphatic heterocycles. The second kappa shape index (κ2) is 4.97. The molecule has 0 aromatic carbocycles. The van der Waals surface area contributed by atoms with E-state index in [0.717, 1.165) is 19.5 Å². The van der Waals surface area contributed by atoms with Gasteiger partial charge in [-0.25, -0.2) is 0 Å². The molecule has 1 N–H and O–H groups in total. The molecular weight excluding hydrogens is 162 g/mol. The first-order valence-corrected chi connectivity index (χ1v) is 5.57. The second-order valence-electron chi connectivity index (χ2n) is 4.47. The topological polar surface area (TPSA) is 23.5 Å². The lowest BCUT2D eigenvalue weighted by Crippen LogP contribution is -2.45. The Morgan fingerprint density at radius 3 is 2.77 bits per heavy atom. The number of hydrogen-bond acceptors (Lipinski definition) is 2. The molecule has 3 atom stereocenters. The van der Waals surface area contributed by atoms with Gasteiger partial charge >= 0.3 is 0 Å². The van der Waals surface area contributed by atoms with Gasteiger partial charge in [0.25, 0.3) is 0 Å². The van der Waals surface area contributed by atoms with Crippen LogP contribution in [0.25, 0.3) is 0 Å². The molecule has 2 heteroatoms. The van der Waals surface area contributed by atoms with Crippen LogP contribution in [0.2, 0.25) is 0 Å². The van der Waals surface area contributed by atoms with E-state index in [4.69, 9.17) is 0 Å². The SMILES string of the molecule is CCCC(C)N1CCC(O)C(C)C1. The van der Waals surface area contributed by atoms with E-state index in [9.17, 15) is 5.11 Å². The van der Waals surface area contributed by atoms with Crippen LogP contribution in [0.4, 0.5) is 0 Å². The van der Waals surface area contributed by atoms with Gasteiger partial charge in [-0.15, -0.1) is 0 Å². The van der Waals surface area contributed by atoms with Crippen LogP contribution in [0.3, 0.4) is 0 Å². The molecule has 1 heterocycles. The van der Waals surface area contributed by atoms with Crippen LogP contribution < -0.4 is 0 Å². The van der Waals surface area contributed by atoms with E-state index in [1.807, 2.05) is 0 Å². The Hall–Kier alpha value is -0.0800. The standard InChI is InChI=1S/C11H23NO/c1-4-5-10(3)12-7-6-11(13)9(2)8-12/h9-11,13H,4-8H2,1-3H3. The molecule has 0 amide bonds. The molecule has 0 saturated carbocycles. The third-order valence-corrected chi connectivity index (χ3v) is 3.22. The molecule has 0 radical (unpaired) electrons. The summed E-state index contributed by atoms with van der Waals surface area (Å²) in [6.07, 6.45) is 3.43. The van der Waals surface area contributed by atoms with Crippen LogP contribution in [-0.4, -0.2) is 35.2 Å². The maximum atomic E-state index is 9.58. The molecule has 1 aliphatic rings. The zero-order valence-electron chi connectivity index (χ0n) is 9.16. The third kappa shape index (κ3) is 2.96. The van der Waals surface area contributed by atoms with Crippen molar-refractivity contribution in [2.75, 3.05) is 13.1 Å². The van der Waals surface area contributed by atoms with E-state index in [1.54, 1.807) is 0 Å². The van der Waals surface area contributed by atoms with Crippen molar-refractivity contribution < 1.29 is 5.11 Å². The average Bonchev–Trinajstić information content (AvgIpc) is 2.10. The summed E-state index contributed by atoms with van der Waals surface area (Å²) < 4.78 is 0. The maximum Gasteiger partial charge on any atom is 0.0590 e. The number of aliphatic hydroxyl groups is 1. The summed E-state index contributed by atoms with van der Waals surface area (Å²) in [5, 5.41) is 9.58. The summed E-state index contributed by atoms with van der Waals surface area (Å²) in [7, 11) is 0. The van der Waals surface area contributed by atoms with Gasteiger partial charge in [0, 0.05) is 19.1 Å². The summed E-state index contributed by atoms with van der Waals surface area (Å²) in [6.45, 7) is 8.83. The summed E-state index contributed by atoms with van der Waals surface area (Å²) in [5.74, 6) is 0.452. The lowest BCUT2D eigenvalue weighted by atomic mass is 9.95. The highest BCUT2D eigenvalue weighted by Gasteiger charge is 2.26. The molecule has 78 valence electrons. The number of nitrogens with zero attached hydrogens (tertiary/aromatic N) is 1. The molecule has 1 fully saturated rings. The minimum atomic E-state index is -0.0647. The summed E-state index contributed by atoms with van der Waals surface area (Å²) >= 11 is 0. The minimum absolute atomic E-state index is 0.0647. The zero-order chi connectivity index (χ0) is 9.84. The van der Waals surface area contributed by atoms with Crippen LogP contribution >= 0.6 is 0 Å². The van der Waals surface area contributed by atoms with Crippen molar-refractivity contribution in [3.05, 3.63) is 0 Å². The predicted octanol–water partition coefficient (Wildman–Crippen LogP) is 1.88. The third-order valence-electron chi connectivity index (χ3n) is 3.22. The van der Waals surface area contributed by atoms with Gasteiger partial charge in [0.1, 0.15) is 0 Å². The monoisotopic (exact) mass is 185 g/mol. The Morgan fingerprint density at radius 2 is 2.23 bits per heavy atom. The molecule has 0 spiro atoms. The predicted molar refractivity (Wildman–Crippen MR) is 55.7 cm³/mol. The van der Waals surface area contributed by atoms with E-state index >= 15 is 0 Å². The smallest absolute Gasteiger partial charge is 0.0590 e. The Labute approximate surface area is 81.9 Å². The molecular formula is C11H23NO. The van der Waals surface area contributed by atoms with Crippen LogP contribution in [0.15, 0.2) is 0 Å². The summed E-state index contributed by atoms with van der Waals surface area (Å²) in [4.78, 5) is 2.51. The van der Waals surface area contributed by atoms with Gasteiger partial charge in [-0.3, -0.25) is 0 Å². The number of piperidine rings is 1. The van der Waals surface area contributed by atoms with Crippen LogP contribution in [-0.2, 0) is 0 Å². The first-order chi connectivity index (χ1) is 6.15. The van der Waals surface area contributed by atoms with Crippen molar-refractivity contribution >= 4 is 0 Å². The Morgan fingerprint density at radius 1 is 1.54 bits per heavy atom. The van der Waals surface area contributed by atoms with Gasteiger partial charge < -0.3 is 10.0 Å². The summed E-state index contributed by atoms with van der Waals surface area (Å²) in [6, 6.07) is 0.694. The first-order valence-electron chi connectivity index (χ1n) is 5.57. The van der Waals surface area contributed by atoms with E-state index < -0.39 is 0 Å². The van der Waals surface area contributed by atoms with E-state index in [1.165, 1.54) is 12.8 Å². The average molecular weight is 185 g/mol. The van der Waals surface area contributed by atoms with E-state index in [-0.39, 0.29) is 6.10 Å². The molecule has 2 nitrogen and oxygen atoms in total. The lowest BCUT2D eigenvalue weighted by molar-refractivity contribution is 0.0188. The molecule has 13 heavy (non-hydrogen) atoms. The largest absolute Gasteiger partial charge is 0.393 e. The molecule has 1 rings (SSSR count). The van der Waals surface area contributed by atoms with Gasteiger partial charge in [0.15, 0.2) is 0 Å². The fourth-order valence-corrected chi connectivity index (χ4v) is 2.17. The molecule has 1 saturated heterocycles. The normalized spacial score (nSPS) is 33.2. The van der Waals surface area contributed by atoms with Crippen LogP contribution in [0.1, 0.15) is 40.0 Å². The van der Waals surface area contributed by atoms with Crippen molar-refractivity contribution in [1.82, 2.24) is 4.90 Å². The molecule has 0 aromatic rings. The van der Waals surface area contributed by atoms with E-state index in [0.29, 0.717) is 12.0 Å². The van der Waals surface area contributed by atoms with Gasteiger partial charge in [0.05, 0.1) is 6.10 Å². The van der Waals surface area contributed by atoms with Crippen molar-refractivity contribution in [3.8, 4) is 0 Å². The Balaban J connectivity index is 2.36. The zero-order valence-corrected chi connectivity index (χ0v) is 9.16. The number of likely N-dealkylation sites (tertiary alicyclic amines) is 1. The first kappa shape index (κ1) is 11.0. The molecule has 0 bridgehead atoms. The highest BCUT2D eigenvalue weighted by Crippen LogP contribution is 2.19. The maximum absolute atomic E-state index is 9.58. The second-order valence-corrected chi connectivity index (χ2v) is 4.47. The van der Waals surface area contributed by atoms with Gasteiger partial charge in [-0.2, -0.15) is 0 Å². The van der Waals surface area contributed by atoms with Gasteiger partial charge in [-0.1, -0.05) is 20.3 Å². The summed E-state index contributed by atoms with van der Waals surface area (Å²) in [5.41, 5.74) is 0. The van der Waals surface area contributed by atoms with Crippen molar-refractivity contribution in [2.24, 2.45) is 5.92 Å². The molecule has 0 aromatic heterocycles. The molecule has 0 aliphatic carbocycles. The molecule has 3 unspecified atom stereocenters. The Bertz CT molecular complexity index is 149. The van der Waals surface area contributed by atoms with Crippen LogP contribution in [0, 0.1) is 5.92 Å². The van der Waals surface area contributed by atoms with Crippen molar-refractivity contribution in [1.29, 1.82) is 0 Å². The lowest BCUT2D eigenvalue weighted by Gasteiger charge is -2.38. The van der Waals surface area contributed by atoms with Crippen molar-refractivity contribution in [2.45, 2.75) is 52.2 Å². The minimum Gasteiger partial charge on any atom is -0.393 e. The quantitative estimate of drug-likeness (QED) is 0.725. The number of aliphatic hydroxyl groups excluding tert-OH is 1.